The summed E-state index contributed by atoms with van der Waals surface area (Å²) in [6.07, 6.45) is 0. The normalized spacial score (nSPS) is 11.3. The van der Waals surface area contributed by atoms with Crippen LogP contribution in [0.3, 0.4) is 0 Å². The Morgan fingerprint density at radius 1 is 0.906 bits per heavy atom. The highest BCUT2D eigenvalue weighted by Gasteiger charge is 2.21. The van der Waals surface area contributed by atoms with Gasteiger partial charge < -0.3 is 9.47 Å². The molecule has 0 fully saturated rings. The van der Waals surface area contributed by atoms with Crippen molar-refractivity contribution >= 4 is 38.2 Å². The number of pyridine rings is 1. The van der Waals surface area contributed by atoms with Crippen LogP contribution in [-0.4, -0.2) is 26.6 Å². The summed E-state index contributed by atoms with van der Waals surface area (Å²) in [6.45, 7) is 2.12. The number of hydrogen-bond acceptors (Lipinski definition) is 5. The molecule has 0 amide bonds. The van der Waals surface area contributed by atoms with Gasteiger partial charge in [-0.3, -0.25) is 4.72 Å². The van der Waals surface area contributed by atoms with Crippen LogP contribution in [-0.2, 0) is 10.0 Å². The van der Waals surface area contributed by atoms with Gasteiger partial charge in [-0.2, -0.15) is 0 Å². The molecule has 0 atom stereocenters. The molecule has 0 radical (unpaired) electrons. The van der Waals surface area contributed by atoms with E-state index in [-0.39, 0.29) is 29.7 Å². The highest BCUT2D eigenvalue weighted by molar-refractivity contribution is 7.92. The molecular formula is C24H21ClN2O4S. The number of fused-ring (bicyclic) bond motifs is 1. The Labute approximate surface area is 191 Å². The van der Waals surface area contributed by atoms with Crippen molar-refractivity contribution in [3.05, 3.63) is 89.4 Å². The predicted octanol–water partition coefficient (Wildman–Crippen LogP) is 5.46. The summed E-state index contributed by atoms with van der Waals surface area (Å²) in [5.41, 5.74) is 1.39. The van der Waals surface area contributed by atoms with Crippen molar-refractivity contribution in [2.75, 3.05) is 17.9 Å². The van der Waals surface area contributed by atoms with Gasteiger partial charge in [-0.05, 0) is 48.9 Å². The Morgan fingerprint density at radius 2 is 1.62 bits per heavy atom. The number of benzene rings is 3. The van der Waals surface area contributed by atoms with Gasteiger partial charge in [0.2, 0.25) is 5.88 Å². The topological polar surface area (TPSA) is 77.5 Å². The van der Waals surface area contributed by atoms with E-state index >= 15 is 0 Å². The molecule has 8 heteroatoms. The maximum absolute atomic E-state index is 13.1. The first-order chi connectivity index (χ1) is 15.4. The van der Waals surface area contributed by atoms with E-state index in [0.717, 1.165) is 11.1 Å². The van der Waals surface area contributed by atoms with E-state index in [0.29, 0.717) is 16.1 Å². The molecular weight excluding hydrogens is 448 g/mol. The monoisotopic (exact) mass is 468 g/mol. The fraction of sp³-hybridized carbons (Fsp3) is 0.125. The van der Waals surface area contributed by atoms with Crippen LogP contribution in [0, 0.1) is 6.92 Å². The molecule has 1 aromatic heterocycles. The first-order valence-electron chi connectivity index (χ1n) is 9.92. The molecule has 3 aromatic carbocycles. The Kier molecular flexibility index (Phi) is 6.48. The van der Waals surface area contributed by atoms with Crippen LogP contribution in [0.15, 0.2) is 83.8 Å². The number of ether oxygens (including phenoxy) is 2. The highest BCUT2D eigenvalue weighted by Crippen LogP contribution is 2.31. The first-order valence-corrected chi connectivity index (χ1v) is 11.8. The maximum atomic E-state index is 13.1. The van der Waals surface area contributed by atoms with Crippen LogP contribution in [0.1, 0.15) is 5.56 Å². The number of aromatic nitrogens is 1. The lowest BCUT2D eigenvalue weighted by Crippen LogP contribution is -2.17. The number of para-hydroxylation sites is 2. The zero-order valence-electron chi connectivity index (χ0n) is 17.3. The lowest BCUT2D eigenvalue weighted by atomic mass is 10.2. The minimum atomic E-state index is -3.92. The molecule has 0 aliphatic heterocycles. The Morgan fingerprint density at radius 3 is 2.44 bits per heavy atom. The third kappa shape index (κ3) is 4.95. The van der Waals surface area contributed by atoms with Crippen molar-refractivity contribution in [3.8, 4) is 11.6 Å². The van der Waals surface area contributed by atoms with E-state index in [9.17, 15) is 8.42 Å². The Bertz CT molecular complexity index is 1340. The average molecular weight is 469 g/mol. The van der Waals surface area contributed by atoms with Crippen molar-refractivity contribution in [2.45, 2.75) is 11.8 Å². The third-order valence-corrected chi connectivity index (χ3v) is 6.69. The predicted molar refractivity (Wildman–Crippen MR) is 126 cm³/mol. The summed E-state index contributed by atoms with van der Waals surface area (Å²) in [6, 6.07) is 23.2. The summed E-state index contributed by atoms with van der Waals surface area (Å²) in [5, 5.41) is 1.15. The number of rotatable bonds is 8. The van der Waals surface area contributed by atoms with Crippen LogP contribution < -0.4 is 14.2 Å². The molecule has 6 nitrogen and oxygen atoms in total. The van der Waals surface area contributed by atoms with Crippen molar-refractivity contribution in [1.82, 2.24) is 4.98 Å². The maximum Gasteiger partial charge on any atom is 0.262 e. The molecule has 4 aromatic rings. The number of sulfonamides is 1. The van der Waals surface area contributed by atoms with E-state index in [1.54, 1.807) is 25.1 Å². The van der Waals surface area contributed by atoms with Gasteiger partial charge in [-0.25, -0.2) is 13.4 Å². The largest absolute Gasteiger partial charge is 0.490 e. The summed E-state index contributed by atoms with van der Waals surface area (Å²) >= 11 is 6.12. The van der Waals surface area contributed by atoms with Gasteiger partial charge in [-0.15, -0.1) is 0 Å². The van der Waals surface area contributed by atoms with Crippen LogP contribution in [0.5, 0.6) is 11.6 Å². The van der Waals surface area contributed by atoms with Gasteiger partial charge in [0.05, 0.1) is 10.4 Å². The first kappa shape index (κ1) is 21.9. The van der Waals surface area contributed by atoms with Crippen LogP contribution >= 0.6 is 11.6 Å². The summed E-state index contributed by atoms with van der Waals surface area (Å²) < 4.78 is 40.3. The van der Waals surface area contributed by atoms with Crippen molar-refractivity contribution in [3.63, 3.8) is 0 Å². The van der Waals surface area contributed by atoms with Crippen LogP contribution in [0.25, 0.3) is 10.9 Å². The number of halogens is 1. The summed E-state index contributed by atoms with van der Waals surface area (Å²) in [4.78, 5) is 4.60. The fourth-order valence-electron chi connectivity index (χ4n) is 3.17. The molecule has 0 aliphatic carbocycles. The number of anilines is 1. The smallest absolute Gasteiger partial charge is 0.262 e. The van der Waals surface area contributed by atoms with Crippen molar-refractivity contribution in [1.29, 1.82) is 0 Å². The third-order valence-electron chi connectivity index (χ3n) is 4.77. The SMILES string of the molecule is Cc1c(Cl)cccc1S(=O)(=O)Nc1cc2ccccc2nc1OCCOc1ccccc1. The molecule has 0 spiro atoms. The minimum Gasteiger partial charge on any atom is -0.490 e. The second-order valence-electron chi connectivity index (χ2n) is 7.01. The van der Waals surface area contributed by atoms with Crippen molar-refractivity contribution in [2.24, 2.45) is 0 Å². The number of nitrogens with one attached hydrogen (secondary N) is 1. The molecule has 0 aliphatic rings. The molecule has 1 heterocycles. The second kappa shape index (κ2) is 9.46. The lowest BCUT2D eigenvalue weighted by molar-refractivity contribution is 0.213. The zero-order chi connectivity index (χ0) is 22.6. The molecule has 4 rings (SSSR count). The lowest BCUT2D eigenvalue weighted by Gasteiger charge is -2.15. The average Bonchev–Trinajstić information content (AvgIpc) is 2.79. The van der Waals surface area contributed by atoms with E-state index in [1.807, 2.05) is 54.6 Å². The van der Waals surface area contributed by atoms with Crippen LogP contribution in [0.4, 0.5) is 5.69 Å². The number of nitrogens with zero attached hydrogens (tertiary/aromatic N) is 1. The molecule has 0 bridgehead atoms. The second-order valence-corrected chi connectivity index (χ2v) is 9.07. The van der Waals surface area contributed by atoms with Gasteiger partial charge in [0, 0.05) is 10.4 Å². The van der Waals surface area contributed by atoms with Gasteiger partial charge in [0.25, 0.3) is 10.0 Å². The summed E-state index contributed by atoms with van der Waals surface area (Å²) in [5.74, 6) is 0.892. The molecule has 1 N–H and O–H groups in total. The van der Waals surface area contributed by atoms with Gasteiger partial charge >= 0.3 is 0 Å². The van der Waals surface area contributed by atoms with Crippen molar-refractivity contribution < 1.29 is 17.9 Å². The number of hydrogen-bond donors (Lipinski definition) is 1. The molecule has 0 unspecified atom stereocenters. The van der Waals surface area contributed by atoms with Gasteiger partial charge in [-0.1, -0.05) is 54.1 Å². The minimum absolute atomic E-state index is 0.0940. The quantitative estimate of drug-likeness (QED) is 0.348. The van der Waals surface area contributed by atoms with Gasteiger partial charge in [0.1, 0.15) is 24.7 Å². The fourth-order valence-corrected chi connectivity index (χ4v) is 4.72. The Hall–Kier alpha value is -3.29. The van der Waals surface area contributed by atoms with E-state index in [1.165, 1.54) is 6.07 Å². The highest BCUT2D eigenvalue weighted by atomic mass is 35.5. The van der Waals surface area contributed by atoms with Crippen LogP contribution in [0.2, 0.25) is 5.02 Å². The molecule has 0 saturated heterocycles. The summed E-state index contributed by atoms with van der Waals surface area (Å²) in [7, 11) is -3.92. The van der Waals surface area contributed by atoms with E-state index in [4.69, 9.17) is 21.1 Å². The molecule has 0 saturated carbocycles. The molecule has 32 heavy (non-hydrogen) atoms. The standard InChI is InChI=1S/C24H21ClN2O4S/c1-17-20(25)11-7-13-23(17)32(28,29)27-22-16-18-8-5-6-12-21(18)26-24(22)31-15-14-30-19-9-3-2-4-10-19/h2-13,16,27H,14-15H2,1H3. The molecule has 164 valence electrons. The van der Waals surface area contributed by atoms with Gasteiger partial charge in [0.15, 0.2) is 0 Å². The Balaban J connectivity index is 1.60. The van der Waals surface area contributed by atoms with E-state index < -0.39 is 10.0 Å². The zero-order valence-corrected chi connectivity index (χ0v) is 18.9. The van der Waals surface area contributed by atoms with E-state index in [2.05, 4.69) is 9.71 Å².